The van der Waals surface area contributed by atoms with Gasteiger partial charge < -0.3 is 34.9 Å². The highest BCUT2D eigenvalue weighted by Gasteiger charge is 2.40. The van der Waals surface area contributed by atoms with Gasteiger partial charge in [0.25, 0.3) is 0 Å². The Labute approximate surface area is 285 Å². The predicted molar refractivity (Wildman–Crippen MR) is 185 cm³/mol. The van der Waals surface area contributed by atoms with E-state index in [1.165, 1.54) is 11.8 Å². The van der Waals surface area contributed by atoms with Crippen molar-refractivity contribution in [3.05, 3.63) is 53.9 Å². The third-order valence-corrected chi connectivity index (χ3v) is 9.30. The summed E-state index contributed by atoms with van der Waals surface area (Å²) in [6.45, 7) is 2.31. The number of ether oxygens (including phenoxy) is 2. The second-order valence-electron chi connectivity index (χ2n) is 12.2. The van der Waals surface area contributed by atoms with Crippen LogP contribution in [0.25, 0.3) is 11.0 Å². The van der Waals surface area contributed by atoms with Crippen LogP contribution < -0.4 is 20.1 Å². The minimum Gasteiger partial charge on any atom is -0.493 e. The van der Waals surface area contributed by atoms with Crippen molar-refractivity contribution >= 4 is 46.4 Å². The molecule has 1 fully saturated rings. The molecule has 12 nitrogen and oxygen atoms in total. The number of thioether (sulfide) groups is 1. The maximum Gasteiger partial charge on any atom is 0.242 e. The van der Waals surface area contributed by atoms with Crippen LogP contribution >= 0.6 is 11.8 Å². The number of aryl methyl sites for hydroxylation is 2. The van der Waals surface area contributed by atoms with Crippen LogP contribution in [-0.2, 0) is 32.0 Å². The molecule has 1 aromatic heterocycles. The summed E-state index contributed by atoms with van der Waals surface area (Å²) in [5.74, 6) is 1.84. The number of methoxy groups -OCH3 is 1. The molecule has 4 amide bonds. The van der Waals surface area contributed by atoms with E-state index >= 15 is 0 Å². The van der Waals surface area contributed by atoms with Crippen LogP contribution in [0.2, 0.25) is 0 Å². The fraction of sp³-hybridized carbons (Fsp3) is 0.514. The summed E-state index contributed by atoms with van der Waals surface area (Å²) >= 11 is 1.49. The maximum absolute atomic E-state index is 13.6. The summed E-state index contributed by atoms with van der Waals surface area (Å²) in [4.78, 5) is 63.8. The van der Waals surface area contributed by atoms with Crippen LogP contribution in [0.4, 0.5) is 0 Å². The number of para-hydroxylation sites is 2. The molecule has 0 saturated carbocycles. The van der Waals surface area contributed by atoms with E-state index in [2.05, 4.69) is 20.6 Å². The van der Waals surface area contributed by atoms with Gasteiger partial charge in [0.15, 0.2) is 11.5 Å². The molecule has 3 aromatic rings. The number of hydrogen-bond acceptors (Lipinski definition) is 8. The third-order valence-electron chi connectivity index (χ3n) is 8.76. The van der Waals surface area contributed by atoms with E-state index in [-0.39, 0.29) is 36.6 Å². The van der Waals surface area contributed by atoms with Gasteiger partial charge in [-0.25, -0.2) is 4.98 Å². The molecule has 4 heterocycles. The van der Waals surface area contributed by atoms with Gasteiger partial charge in [0.1, 0.15) is 18.0 Å². The van der Waals surface area contributed by atoms with Gasteiger partial charge in [-0.3, -0.25) is 19.2 Å². The lowest BCUT2D eigenvalue weighted by Crippen LogP contribution is -2.46. The summed E-state index contributed by atoms with van der Waals surface area (Å²) in [5.41, 5.74) is 2.69. The number of carbonyl (C=O) groups is 4. The van der Waals surface area contributed by atoms with Crippen LogP contribution in [0, 0.1) is 0 Å². The van der Waals surface area contributed by atoms with Gasteiger partial charge >= 0.3 is 0 Å². The number of benzene rings is 2. The summed E-state index contributed by atoms with van der Waals surface area (Å²) in [6.07, 6.45) is 5.35. The molecular formula is C35H46N6O6S. The smallest absolute Gasteiger partial charge is 0.242 e. The van der Waals surface area contributed by atoms with Crippen LogP contribution in [0.1, 0.15) is 49.9 Å². The zero-order chi connectivity index (χ0) is 33.9. The average Bonchev–Trinajstić information content (AvgIpc) is 3.71. The number of fused-ring (bicyclic) bond motifs is 16. The number of aromatic amines is 1. The Hall–Kier alpha value is -4.26. The molecule has 0 spiro atoms. The SMILES string of the molecule is COc1cc2ccc1O[C@H]1C[C@@H](C(=O)NCCCCN(C(=O)CSC)CCCNC(=O)CC2)N(C(=O)CCc2nc3ccccc3[nH]2)C1. The summed E-state index contributed by atoms with van der Waals surface area (Å²) in [5, 5.41) is 6.00. The van der Waals surface area contributed by atoms with Crippen LogP contribution in [0.5, 0.6) is 11.5 Å². The van der Waals surface area contributed by atoms with Crippen molar-refractivity contribution in [3.8, 4) is 11.5 Å². The molecule has 48 heavy (non-hydrogen) atoms. The fourth-order valence-electron chi connectivity index (χ4n) is 6.22. The number of imidazole rings is 1. The number of H-pyrrole nitrogens is 1. The molecule has 2 aromatic carbocycles. The van der Waals surface area contributed by atoms with E-state index in [9.17, 15) is 19.2 Å². The molecule has 4 bridgehead atoms. The monoisotopic (exact) mass is 678 g/mol. The molecule has 0 unspecified atom stereocenters. The second-order valence-corrected chi connectivity index (χ2v) is 13.1. The molecule has 3 aliphatic rings. The second kappa shape index (κ2) is 17.2. The van der Waals surface area contributed by atoms with Crippen molar-refractivity contribution in [3.63, 3.8) is 0 Å². The Morgan fingerprint density at radius 1 is 1.02 bits per heavy atom. The molecule has 0 aliphatic carbocycles. The normalized spacial score (nSPS) is 20.0. The summed E-state index contributed by atoms with van der Waals surface area (Å²) < 4.78 is 12.0. The number of aromatic nitrogens is 2. The minimum absolute atomic E-state index is 0.0451. The van der Waals surface area contributed by atoms with Gasteiger partial charge in [0.05, 0.1) is 30.4 Å². The zero-order valence-corrected chi connectivity index (χ0v) is 28.6. The van der Waals surface area contributed by atoms with Crippen molar-refractivity contribution in [2.45, 2.75) is 63.5 Å². The first kappa shape index (κ1) is 35.1. The highest BCUT2D eigenvalue weighted by atomic mass is 32.2. The molecule has 2 atom stereocenters. The van der Waals surface area contributed by atoms with E-state index in [0.29, 0.717) is 82.0 Å². The lowest BCUT2D eigenvalue weighted by atomic mass is 10.1. The van der Waals surface area contributed by atoms with Gasteiger partial charge in [-0.2, -0.15) is 11.8 Å². The third kappa shape index (κ3) is 9.42. The first-order valence-corrected chi connectivity index (χ1v) is 18.1. The number of rotatable bonds is 6. The minimum atomic E-state index is -0.681. The largest absolute Gasteiger partial charge is 0.493 e. The number of carbonyl (C=O) groups excluding carboxylic acids is 4. The van der Waals surface area contributed by atoms with Gasteiger partial charge in [-0.1, -0.05) is 18.2 Å². The van der Waals surface area contributed by atoms with E-state index in [4.69, 9.17) is 9.47 Å². The van der Waals surface area contributed by atoms with E-state index in [1.54, 1.807) is 12.0 Å². The van der Waals surface area contributed by atoms with Crippen molar-refractivity contribution in [1.29, 1.82) is 0 Å². The molecule has 258 valence electrons. The lowest BCUT2D eigenvalue weighted by molar-refractivity contribution is -0.138. The lowest BCUT2D eigenvalue weighted by Gasteiger charge is -2.24. The number of nitrogens with zero attached hydrogens (tertiary/aromatic N) is 3. The number of likely N-dealkylation sites (tertiary alicyclic amines) is 1. The average molecular weight is 679 g/mol. The van der Waals surface area contributed by atoms with E-state index in [1.807, 2.05) is 53.6 Å². The topological polar surface area (TPSA) is 146 Å². The van der Waals surface area contributed by atoms with Crippen LogP contribution in [0.3, 0.4) is 0 Å². The van der Waals surface area contributed by atoms with Crippen molar-refractivity contribution < 1.29 is 28.7 Å². The van der Waals surface area contributed by atoms with Gasteiger partial charge in [-0.05, 0) is 61.8 Å². The van der Waals surface area contributed by atoms with Gasteiger partial charge in [0.2, 0.25) is 23.6 Å². The van der Waals surface area contributed by atoms with Crippen molar-refractivity contribution in [2.24, 2.45) is 0 Å². The Morgan fingerprint density at radius 3 is 2.65 bits per heavy atom. The number of amides is 4. The molecule has 0 radical (unpaired) electrons. The Balaban J connectivity index is 1.30. The Bertz CT molecular complexity index is 1550. The maximum atomic E-state index is 13.6. The Morgan fingerprint density at radius 2 is 1.83 bits per heavy atom. The fourth-order valence-corrected chi connectivity index (χ4v) is 6.65. The number of hydrogen-bond donors (Lipinski definition) is 3. The summed E-state index contributed by atoms with van der Waals surface area (Å²) in [6, 6.07) is 12.6. The van der Waals surface area contributed by atoms with E-state index in [0.717, 1.165) is 28.8 Å². The van der Waals surface area contributed by atoms with E-state index < -0.39 is 12.1 Å². The predicted octanol–water partition coefficient (Wildman–Crippen LogP) is 3.09. The molecule has 3 aliphatic heterocycles. The Kier molecular flexibility index (Phi) is 12.6. The quantitative estimate of drug-likeness (QED) is 0.361. The highest BCUT2D eigenvalue weighted by Crippen LogP contribution is 2.32. The molecule has 1 saturated heterocycles. The van der Waals surface area contributed by atoms with Crippen molar-refractivity contribution in [2.75, 3.05) is 51.8 Å². The van der Waals surface area contributed by atoms with Crippen molar-refractivity contribution in [1.82, 2.24) is 30.4 Å². The van der Waals surface area contributed by atoms with Crippen LogP contribution in [-0.4, -0.2) is 107 Å². The molecule has 3 N–H and O–H groups in total. The first-order chi connectivity index (χ1) is 23.3. The molecular weight excluding hydrogens is 632 g/mol. The zero-order valence-electron chi connectivity index (χ0n) is 27.8. The summed E-state index contributed by atoms with van der Waals surface area (Å²) in [7, 11) is 1.56. The van der Waals surface area contributed by atoms with Crippen LogP contribution in [0.15, 0.2) is 42.5 Å². The number of nitrogens with one attached hydrogen (secondary N) is 3. The van der Waals surface area contributed by atoms with Gasteiger partial charge in [0, 0.05) is 51.9 Å². The standard InChI is InChI=1S/C35H46N6O6S/c1-46-30-20-24-10-12-29(30)47-25-21-28(41(22-25)33(43)15-13-31-38-26-8-3-4-9-27(26)39-31)35(45)37-16-5-6-18-40(34(44)23-48-2)19-7-17-36-32(42)14-11-24/h3-4,8-10,12,20,25,28H,5-7,11,13-19,21-23H2,1-2H3,(H,36,42)(H,37,45)(H,38,39)/t25-,28-/m0/s1. The molecule has 6 rings (SSSR count). The highest BCUT2D eigenvalue weighted by molar-refractivity contribution is 7.99. The van der Waals surface area contributed by atoms with Gasteiger partial charge in [-0.15, -0.1) is 0 Å². The molecule has 13 heteroatoms. The first-order valence-electron chi connectivity index (χ1n) is 16.7.